The van der Waals surface area contributed by atoms with Gasteiger partial charge in [0.15, 0.2) is 0 Å². The van der Waals surface area contributed by atoms with E-state index in [4.69, 9.17) is 25.8 Å². The van der Waals surface area contributed by atoms with Crippen molar-refractivity contribution in [3.63, 3.8) is 0 Å². The number of halogens is 1. The van der Waals surface area contributed by atoms with E-state index in [-0.39, 0.29) is 0 Å². The molecule has 5 heteroatoms. The summed E-state index contributed by atoms with van der Waals surface area (Å²) in [7, 11) is 1.66. The van der Waals surface area contributed by atoms with Gasteiger partial charge in [-0.3, -0.25) is 0 Å². The van der Waals surface area contributed by atoms with Crippen molar-refractivity contribution in [1.29, 1.82) is 0 Å². The third kappa shape index (κ3) is 11.2. The molecule has 0 aliphatic rings. The van der Waals surface area contributed by atoms with Crippen molar-refractivity contribution in [1.82, 2.24) is 5.32 Å². The van der Waals surface area contributed by atoms with E-state index in [2.05, 4.69) is 19.2 Å². The summed E-state index contributed by atoms with van der Waals surface area (Å²) in [6.45, 7) is 8.49. The lowest BCUT2D eigenvalue weighted by atomic mass is 10.0. The first-order valence-electron chi connectivity index (χ1n) is 6.66. The van der Waals surface area contributed by atoms with Gasteiger partial charge in [-0.25, -0.2) is 0 Å². The maximum atomic E-state index is 5.77. The second-order valence-electron chi connectivity index (χ2n) is 4.50. The zero-order valence-corrected chi connectivity index (χ0v) is 12.7. The Kier molecular flexibility index (Phi) is 13.7. The highest BCUT2D eigenvalue weighted by molar-refractivity contribution is 6.17. The Labute approximate surface area is 116 Å². The van der Waals surface area contributed by atoms with E-state index >= 15 is 0 Å². The van der Waals surface area contributed by atoms with Crippen molar-refractivity contribution in [2.75, 3.05) is 52.6 Å². The van der Waals surface area contributed by atoms with Crippen molar-refractivity contribution in [3.05, 3.63) is 0 Å². The quantitative estimate of drug-likeness (QED) is 0.414. The third-order valence-corrected chi connectivity index (χ3v) is 2.90. The van der Waals surface area contributed by atoms with E-state index < -0.39 is 0 Å². The van der Waals surface area contributed by atoms with Gasteiger partial charge in [-0.2, -0.15) is 0 Å². The van der Waals surface area contributed by atoms with Crippen molar-refractivity contribution < 1.29 is 14.2 Å². The van der Waals surface area contributed by atoms with E-state index in [0.717, 1.165) is 13.0 Å². The normalized spacial score (nSPS) is 13.2. The zero-order valence-electron chi connectivity index (χ0n) is 11.9. The molecule has 0 amide bonds. The SMILES string of the molecule is COCCOCCOCCNC(CCCl)C(C)C. The molecule has 0 radical (unpaired) electrons. The molecule has 0 aromatic carbocycles. The summed E-state index contributed by atoms with van der Waals surface area (Å²) in [6.07, 6.45) is 0.999. The van der Waals surface area contributed by atoms with Gasteiger partial charge in [0.05, 0.1) is 33.0 Å². The Morgan fingerprint density at radius 2 is 1.61 bits per heavy atom. The monoisotopic (exact) mass is 281 g/mol. The van der Waals surface area contributed by atoms with Gasteiger partial charge in [-0.1, -0.05) is 13.8 Å². The zero-order chi connectivity index (χ0) is 13.6. The third-order valence-electron chi connectivity index (χ3n) is 2.68. The summed E-state index contributed by atoms with van der Waals surface area (Å²) in [6, 6.07) is 0.476. The number of hydrogen-bond donors (Lipinski definition) is 1. The molecule has 0 fully saturated rings. The van der Waals surface area contributed by atoms with Crippen LogP contribution in [0.1, 0.15) is 20.3 Å². The molecule has 1 atom stereocenters. The highest BCUT2D eigenvalue weighted by Crippen LogP contribution is 2.06. The molecule has 1 unspecified atom stereocenters. The van der Waals surface area contributed by atoms with Crippen LogP contribution in [0.4, 0.5) is 0 Å². The molecular weight excluding hydrogens is 254 g/mol. The van der Waals surface area contributed by atoms with E-state index in [0.29, 0.717) is 50.9 Å². The lowest BCUT2D eigenvalue weighted by molar-refractivity contribution is 0.0250. The molecule has 0 aromatic heterocycles. The first-order chi connectivity index (χ1) is 8.72. The molecular formula is C13H28ClNO3. The minimum absolute atomic E-state index is 0.476. The van der Waals surface area contributed by atoms with E-state index in [9.17, 15) is 0 Å². The lowest BCUT2D eigenvalue weighted by Crippen LogP contribution is -2.36. The van der Waals surface area contributed by atoms with Crippen LogP contribution in [0.3, 0.4) is 0 Å². The molecule has 18 heavy (non-hydrogen) atoms. The number of alkyl halides is 1. The van der Waals surface area contributed by atoms with E-state index in [1.165, 1.54) is 0 Å². The Morgan fingerprint density at radius 1 is 1.00 bits per heavy atom. The molecule has 0 aliphatic heterocycles. The van der Waals surface area contributed by atoms with Crippen LogP contribution in [0.2, 0.25) is 0 Å². The predicted octanol–water partition coefficient (Wildman–Crippen LogP) is 1.91. The standard InChI is InChI=1S/C13H28ClNO3/c1-12(2)13(4-5-14)15-6-7-17-10-11-18-9-8-16-3/h12-13,15H,4-11H2,1-3H3. The molecule has 4 nitrogen and oxygen atoms in total. The summed E-state index contributed by atoms with van der Waals surface area (Å²) >= 11 is 5.77. The molecule has 0 rings (SSSR count). The summed E-state index contributed by atoms with van der Waals surface area (Å²) in [5.41, 5.74) is 0. The predicted molar refractivity (Wildman–Crippen MR) is 75.5 cm³/mol. The van der Waals surface area contributed by atoms with Crippen LogP contribution in [-0.4, -0.2) is 58.6 Å². The smallest absolute Gasteiger partial charge is 0.0701 e. The molecule has 1 N–H and O–H groups in total. The summed E-state index contributed by atoms with van der Waals surface area (Å²) in [5.74, 6) is 1.30. The Morgan fingerprint density at radius 3 is 2.17 bits per heavy atom. The fraction of sp³-hybridized carbons (Fsp3) is 1.00. The van der Waals surface area contributed by atoms with Crippen LogP contribution >= 0.6 is 11.6 Å². The summed E-state index contributed by atoms with van der Waals surface area (Å²) in [5, 5.41) is 3.46. The molecule has 0 saturated heterocycles. The number of hydrogen-bond acceptors (Lipinski definition) is 4. The number of ether oxygens (including phenoxy) is 3. The molecule has 0 spiro atoms. The highest BCUT2D eigenvalue weighted by atomic mass is 35.5. The average Bonchev–Trinajstić information content (AvgIpc) is 2.35. The molecule has 0 saturated carbocycles. The Hall–Kier alpha value is 0.130. The van der Waals surface area contributed by atoms with Gasteiger partial charge in [-0.05, 0) is 12.3 Å². The highest BCUT2D eigenvalue weighted by Gasteiger charge is 2.10. The number of rotatable bonds is 13. The largest absolute Gasteiger partial charge is 0.382 e. The van der Waals surface area contributed by atoms with Crippen molar-refractivity contribution >= 4 is 11.6 Å². The molecule has 0 aliphatic carbocycles. The maximum absolute atomic E-state index is 5.77. The van der Waals surface area contributed by atoms with Gasteiger partial charge in [0.25, 0.3) is 0 Å². The van der Waals surface area contributed by atoms with Crippen molar-refractivity contribution in [2.24, 2.45) is 5.92 Å². The number of methoxy groups -OCH3 is 1. The van der Waals surface area contributed by atoms with Gasteiger partial charge in [-0.15, -0.1) is 11.6 Å². The van der Waals surface area contributed by atoms with Crippen LogP contribution in [0.15, 0.2) is 0 Å². The molecule has 0 aromatic rings. The maximum Gasteiger partial charge on any atom is 0.0701 e. The average molecular weight is 282 g/mol. The van der Waals surface area contributed by atoms with Crippen LogP contribution < -0.4 is 5.32 Å². The fourth-order valence-corrected chi connectivity index (χ4v) is 1.80. The second kappa shape index (κ2) is 13.6. The van der Waals surface area contributed by atoms with Crippen LogP contribution in [0, 0.1) is 5.92 Å². The van der Waals surface area contributed by atoms with Crippen molar-refractivity contribution in [2.45, 2.75) is 26.3 Å². The molecule has 110 valence electrons. The first-order valence-corrected chi connectivity index (χ1v) is 7.19. The fourth-order valence-electron chi connectivity index (χ4n) is 1.57. The number of nitrogens with one attached hydrogen (secondary N) is 1. The van der Waals surface area contributed by atoms with Gasteiger partial charge in [0.2, 0.25) is 0 Å². The van der Waals surface area contributed by atoms with Gasteiger partial charge >= 0.3 is 0 Å². The first kappa shape index (κ1) is 18.1. The topological polar surface area (TPSA) is 39.7 Å². The van der Waals surface area contributed by atoms with Crippen molar-refractivity contribution in [3.8, 4) is 0 Å². The van der Waals surface area contributed by atoms with Crippen LogP contribution in [0.25, 0.3) is 0 Å². The van der Waals surface area contributed by atoms with Gasteiger partial charge in [0.1, 0.15) is 0 Å². The van der Waals surface area contributed by atoms with E-state index in [1.54, 1.807) is 7.11 Å². The minimum Gasteiger partial charge on any atom is -0.382 e. The Balaban J connectivity index is 3.27. The van der Waals surface area contributed by atoms with Gasteiger partial charge in [0, 0.05) is 25.6 Å². The molecule has 0 bridgehead atoms. The lowest BCUT2D eigenvalue weighted by Gasteiger charge is -2.21. The van der Waals surface area contributed by atoms with Gasteiger partial charge < -0.3 is 19.5 Å². The summed E-state index contributed by atoms with van der Waals surface area (Å²) < 4.78 is 15.6. The van der Waals surface area contributed by atoms with Crippen LogP contribution in [-0.2, 0) is 14.2 Å². The van der Waals surface area contributed by atoms with E-state index in [1.807, 2.05) is 0 Å². The Bertz CT molecular complexity index is 170. The molecule has 0 heterocycles. The van der Waals surface area contributed by atoms with Crippen LogP contribution in [0.5, 0.6) is 0 Å². The second-order valence-corrected chi connectivity index (χ2v) is 4.88. The minimum atomic E-state index is 0.476. The summed E-state index contributed by atoms with van der Waals surface area (Å²) in [4.78, 5) is 0.